The van der Waals surface area contributed by atoms with Crippen LogP contribution in [0.5, 0.6) is 0 Å². The maximum atomic E-state index is 12.1. The first-order chi connectivity index (χ1) is 9.52. The number of thioether (sulfide) groups is 1. The van der Waals surface area contributed by atoms with Crippen molar-refractivity contribution in [2.45, 2.75) is 6.92 Å². The standard InChI is InChI=1S/C13H14N2O4S/c1-3-19-11(16)8-15-12(17)10(20-13(15)18)7-9-5-4-6-14(9)2/h4-7H,3,8H2,1-2H3/b10-7+. The summed E-state index contributed by atoms with van der Waals surface area (Å²) in [7, 11) is 1.84. The predicted octanol–water partition coefficient (Wildman–Crippen LogP) is 1.62. The van der Waals surface area contributed by atoms with Gasteiger partial charge in [0, 0.05) is 18.9 Å². The average Bonchev–Trinajstić information content (AvgIpc) is 2.90. The van der Waals surface area contributed by atoms with E-state index in [1.807, 2.05) is 29.9 Å². The number of aromatic nitrogens is 1. The minimum Gasteiger partial charge on any atom is -0.465 e. The molecule has 2 rings (SSSR count). The van der Waals surface area contributed by atoms with E-state index in [2.05, 4.69) is 0 Å². The number of carbonyl (C=O) groups is 3. The van der Waals surface area contributed by atoms with E-state index in [9.17, 15) is 14.4 Å². The number of amides is 2. The topological polar surface area (TPSA) is 68.6 Å². The Morgan fingerprint density at radius 2 is 2.20 bits per heavy atom. The number of nitrogens with zero attached hydrogens (tertiary/aromatic N) is 2. The van der Waals surface area contributed by atoms with Crippen molar-refractivity contribution in [3.63, 3.8) is 0 Å². The van der Waals surface area contributed by atoms with E-state index < -0.39 is 17.1 Å². The summed E-state index contributed by atoms with van der Waals surface area (Å²) in [6.45, 7) is 1.54. The molecule has 0 aliphatic carbocycles. The Kier molecular flexibility index (Phi) is 4.29. The van der Waals surface area contributed by atoms with Gasteiger partial charge < -0.3 is 9.30 Å². The van der Waals surface area contributed by atoms with Gasteiger partial charge in [0.2, 0.25) is 0 Å². The number of esters is 1. The monoisotopic (exact) mass is 294 g/mol. The quantitative estimate of drug-likeness (QED) is 0.623. The zero-order chi connectivity index (χ0) is 14.7. The van der Waals surface area contributed by atoms with Crippen LogP contribution >= 0.6 is 11.8 Å². The van der Waals surface area contributed by atoms with Crippen molar-refractivity contribution in [2.75, 3.05) is 13.2 Å². The van der Waals surface area contributed by atoms with E-state index in [1.54, 1.807) is 13.0 Å². The van der Waals surface area contributed by atoms with Gasteiger partial charge in [-0.15, -0.1) is 0 Å². The van der Waals surface area contributed by atoms with Gasteiger partial charge in [-0.3, -0.25) is 19.3 Å². The fraction of sp³-hybridized carbons (Fsp3) is 0.308. The van der Waals surface area contributed by atoms with Crippen molar-refractivity contribution in [2.24, 2.45) is 7.05 Å². The van der Waals surface area contributed by atoms with E-state index in [1.165, 1.54) is 0 Å². The SMILES string of the molecule is CCOC(=O)CN1C(=O)S/C(=C/c2cccn2C)C1=O. The predicted molar refractivity (Wildman–Crippen MR) is 74.7 cm³/mol. The molecule has 1 aromatic heterocycles. The van der Waals surface area contributed by atoms with Crippen molar-refractivity contribution in [3.8, 4) is 0 Å². The second-order valence-corrected chi connectivity index (χ2v) is 5.11. The van der Waals surface area contributed by atoms with Crippen molar-refractivity contribution >= 4 is 35.0 Å². The molecule has 1 aliphatic rings. The van der Waals surface area contributed by atoms with Gasteiger partial charge >= 0.3 is 5.97 Å². The number of aryl methyl sites for hydroxylation is 1. The summed E-state index contributed by atoms with van der Waals surface area (Å²) in [6, 6.07) is 3.67. The maximum absolute atomic E-state index is 12.1. The van der Waals surface area contributed by atoms with Gasteiger partial charge in [-0.2, -0.15) is 0 Å². The highest BCUT2D eigenvalue weighted by Gasteiger charge is 2.36. The number of hydrogen-bond donors (Lipinski definition) is 0. The van der Waals surface area contributed by atoms with Crippen LogP contribution in [0.1, 0.15) is 12.6 Å². The van der Waals surface area contributed by atoms with Gasteiger partial charge in [0.1, 0.15) is 6.54 Å². The molecule has 0 radical (unpaired) electrons. The first kappa shape index (κ1) is 14.4. The van der Waals surface area contributed by atoms with Gasteiger partial charge in [0.25, 0.3) is 11.1 Å². The molecule has 0 saturated carbocycles. The Morgan fingerprint density at radius 1 is 1.45 bits per heavy atom. The van der Waals surface area contributed by atoms with E-state index in [0.29, 0.717) is 4.91 Å². The minimum absolute atomic E-state index is 0.217. The second-order valence-electron chi connectivity index (χ2n) is 4.12. The first-order valence-electron chi connectivity index (χ1n) is 6.05. The molecule has 0 N–H and O–H groups in total. The minimum atomic E-state index is -0.588. The normalized spacial score (nSPS) is 17.1. The molecule has 1 saturated heterocycles. The fourth-order valence-corrected chi connectivity index (χ4v) is 2.55. The molecule has 0 aromatic carbocycles. The highest BCUT2D eigenvalue weighted by Crippen LogP contribution is 2.31. The van der Waals surface area contributed by atoms with Gasteiger partial charge in [0.05, 0.1) is 11.5 Å². The van der Waals surface area contributed by atoms with Crippen LogP contribution in [0.4, 0.5) is 4.79 Å². The highest BCUT2D eigenvalue weighted by atomic mass is 32.2. The van der Waals surface area contributed by atoms with Gasteiger partial charge in [-0.1, -0.05) is 0 Å². The molecule has 20 heavy (non-hydrogen) atoms. The van der Waals surface area contributed by atoms with Crippen LogP contribution in [0.3, 0.4) is 0 Å². The molecule has 0 atom stereocenters. The van der Waals surface area contributed by atoms with Crippen molar-refractivity contribution in [3.05, 3.63) is 28.9 Å². The number of rotatable bonds is 4. The van der Waals surface area contributed by atoms with Crippen molar-refractivity contribution in [1.29, 1.82) is 0 Å². The highest BCUT2D eigenvalue weighted by molar-refractivity contribution is 8.18. The van der Waals surface area contributed by atoms with Crippen LogP contribution in [0.2, 0.25) is 0 Å². The van der Waals surface area contributed by atoms with Gasteiger partial charge in [0.15, 0.2) is 0 Å². The molecule has 1 aliphatic heterocycles. The van der Waals surface area contributed by atoms with Crippen molar-refractivity contribution < 1.29 is 19.1 Å². The third kappa shape index (κ3) is 2.93. The van der Waals surface area contributed by atoms with Gasteiger partial charge in [-0.25, -0.2) is 0 Å². The van der Waals surface area contributed by atoms with E-state index in [0.717, 1.165) is 22.4 Å². The number of hydrogen-bond acceptors (Lipinski definition) is 5. The molecule has 1 fully saturated rings. The van der Waals surface area contributed by atoms with Crippen LogP contribution in [0, 0.1) is 0 Å². The lowest BCUT2D eigenvalue weighted by Crippen LogP contribution is -2.34. The summed E-state index contributed by atoms with van der Waals surface area (Å²) in [6.07, 6.45) is 3.48. The molecule has 0 spiro atoms. The molecular weight excluding hydrogens is 280 g/mol. The van der Waals surface area contributed by atoms with Crippen LogP contribution in [0.25, 0.3) is 6.08 Å². The third-order valence-electron chi connectivity index (χ3n) is 2.73. The molecule has 1 aromatic rings. The maximum Gasteiger partial charge on any atom is 0.326 e. The Morgan fingerprint density at radius 3 is 2.80 bits per heavy atom. The summed E-state index contributed by atoms with van der Waals surface area (Å²) < 4.78 is 6.58. The Hall–Kier alpha value is -2.02. The molecule has 0 bridgehead atoms. The number of ether oxygens (including phenoxy) is 1. The zero-order valence-corrected chi connectivity index (χ0v) is 12.0. The largest absolute Gasteiger partial charge is 0.465 e. The molecule has 0 unspecified atom stereocenters. The lowest BCUT2D eigenvalue weighted by molar-refractivity contribution is -0.145. The molecule has 2 amide bonds. The lowest BCUT2D eigenvalue weighted by atomic mass is 10.3. The summed E-state index contributed by atoms with van der Waals surface area (Å²) in [5, 5.41) is -0.455. The Balaban J connectivity index is 2.15. The average molecular weight is 294 g/mol. The summed E-state index contributed by atoms with van der Waals surface area (Å²) in [4.78, 5) is 36.4. The summed E-state index contributed by atoms with van der Waals surface area (Å²) in [5.41, 5.74) is 0.812. The Labute approximate surface area is 120 Å². The first-order valence-corrected chi connectivity index (χ1v) is 6.87. The van der Waals surface area contributed by atoms with E-state index in [-0.39, 0.29) is 13.2 Å². The number of carbonyl (C=O) groups excluding carboxylic acids is 3. The second kappa shape index (κ2) is 5.96. The summed E-state index contributed by atoms with van der Waals surface area (Å²) >= 11 is 0.826. The molecular formula is C13H14N2O4S. The Bertz CT molecular complexity index is 591. The fourth-order valence-electron chi connectivity index (χ4n) is 1.73. The third-order valence-corrected chi connectivity index (χ3v) is 3.64. The van der Waals surface area contributed by atoms with E-state index >= 15 is 0 Å². The van der Waals surface area contributed by atoms with E-state index in [4.69, 9.17) is 4.74 Å². The number of imide groups is 1. The molecule has 6 nitrogen and oxygen atoms in total. The van der Waals surface area contributed by atoms with Crippen LogP contribution < -0.4 is 0 Å². The van der Waals surface area contributed by atoms with Crippen LogP contribution in [-0.2, 0) is 21.4 Å². The van der Waals surface area contributed by atoms with Gasteiger partial charge in [-0.05, 0) is 36.9 Å². The smallest absolute Gasteiger partial charge is 0.326 e. The molecule has 2 heterocycles. The molecule has 7 heteroatoms. The zero-order valence-electron chi connectivity index (χ0n) is 11.2. The van der Waals surface area contributed by atoms with Crippen LogP contribution in [-0.4, -0.2) is 39.7 Å². The lowest BCUT2D eigenvalue weighted by Gasteiger charge is -2.10. The summed E-state index contributed by atoms with van der Waals surface area (Å²) in [5.74, 6) is -1.05. The van der Waals surface area contributed by atoms with Crippen molar-refractivity contribution in [1.82, 2.24) is 9.47 Å². The van der Waals surface area contributed by atoms with Crippen LogP contribution in [0.15, 0.2) is 23.2 Å². The molecule has 106 valence electrons.